The van der Waals surface area contributed by atoms with E-state index in [1.807, 2.05) is 0 Å². The van der Waals surface area contributed by atoms with E-state index in [-0.39, 0.29) is 12.2 Å². The maximum absolute atomic E-state index is 11.8. The minimum atomic E-state index is -0.560. The maximum atomic E-state index is 11.8. The van der Waals surface area contributed by atoms with Gasteiger partial charge in [-0.25, -0.2) is 9.59 Å². The van der Waals surface area contributed by atoms with Crippen molar-refractivity contribution in [2.24, 2.45) is 14.1 Å². The Kier molecular flexibility index (Phi) is 7.31. The molecular formula is C15H22N2O5. The van der Waals surface area contributed by atoms with E-state index < -0.39 is 17.2 Å². The molecule has 0 aliphatic rings. The van der Waals surface area contributed by atoms with Crippen molar-refractivity contribution in [2.75, 3.05) is 19.8 Å². The molecule has 0 atom stereocenters. The number of hydrogen-bond acceptors (Lipinski definition) is 5. The lowest BCUT2D eigenvalue weighted by molar-refractivity contribution is -0.139. The molecule has 0 amide bonds. The summed E-state index contributed by atoms with van der Waals surface area (Å²) in [5, 5.41) is 0. The van der Waals surface area contributed by atoms with Crippen LogP contribution >= 0.6 is 0 Å². The predicted octanol–water partition coefficient (Wildman–Crippen LogP) is 0.457. The number of esters is 1. The fourth-order valence-electron chi connectivity index (χ4n) is 1.71. The van der Waals surface area contributed by atoms with Crippen LogP contribution in [0.15, 0.2) is 21.9 Å². The molecule has 0 aromatic carbocycles. The van der Waals surface area contributed by atoms with E-state index in [0.717, 1.165) is 23.5 Å². The van der Waals surface area contributed by atoms with Crippen LogP contribution in [-0.2, 0) is 28.4 Å². The quantitative estimate of drug-likeness (QED) is 0.396. The van der Waals surface area contributed by atoms with Crippen LogP contribution in [0.5, 0.6) is 0 Å². The lowest BCUT2D eigenvalue weighted by Gasteiger charge is -2.04. The zero-order valence-electron chi connectivity index (χ0n) is 13.2. The lowest BCUT2D eigenvalue weighted by atomic mass is 10.3. The Morgan fingerprint density at radius 3 is 2.64 bits per heavy atom. The third-order valence-electron chi connectivity index (χ3n) is 2.99. The van der Waals surface area contributed by atoms with Crippen molar-refractivity contribution in [3.05, 3.63) is 38.7 Å². The molecule has 0 bridgehead atoms. The zero-order chi connectivity index (χ0) is 16.5. The van der Waals surface area contributed by atoms with Crippen molar-refractivity contribution in [1.82, 2.24) is 9.13 Å². The van der Waals surface area contributed by atoms with Gasteiger partial charge >= 0.3 is 11.7 Å². The summed E-state index contributed by atoms with van der Waals surface area (Å²) in [7, 11) is 2.92. The predicted molar refractivity (Wildman–Crippen MR) is 82.6 cm³/mol. The van der Waals surface area contributed by atoms with E-state index in [2.05, 4.69) is 6.92 Å². The van der Waals surface area contributed by atoms with E-state index in [4.69, 9.17) is 9.47 Å². The van der Waals surface area contributed by atoms with Gasteiger partial charge in [0.05, 0.1) is 12.2 Å². The number of ether oxygens (including phenoxy) is 2. The molecule has 0 N–H and O–H groups in total. The summed E-state index contributed by atoms with van der Waals surface area (Å²) in [6.45, 7) is 3.23. The molecule has 0 saturated heterocycles. The molecule has 0 aliphatic heterocycles. The molecule has 0 radical (unpaired) electrons. The van der Waals surface area contributed by atoms with Crippen molar-refractivity contribution in [1.29, 1.82) is 0 Å². The lowest BCUT2D eigenvalue weighted by Crippen LogP contribution is -2.37. The summed E-state index contributed by atoms with van der Waals surface area (Å²) in [6.07, 6.45) is 5.90. The Balaban J connectivity index is 2.53. The normalized spacial score (nSPS) is 11.0. The molecule has 1 heterocycles. The van der Waals surface area contributed by atoms with E-state index in [0.29, 0.717) is 13.2 Å². The van der Waals surface area contributed by atoms with Gasteiger partial charge in [0.25, 0.3) is 5.56 Å². The summed E-state index contributed by atoms with van der Waals surface area (Å²) in [5.41, 5.74) is -0.648. The van der Waals surface area contributed by atoms with Crippen LogP contribution in [0.1, 0.15) is 25.3 Å². The Labute approximate surface area is 128 Å². The average molecular weight is 310 g/mol. The van der Waals surface area contributed by atoms with Gasteiger partial charge in [-0.2, -0.15) is 0 Å². The first-order valence-corrected chi connectivity index (χ1v) is 7.16. The molecule has 0 unspecified atom stereocenters. The highest BCUT2D eigenvalue weighted by Gasteiger charge is 2.05. The summed E-state index contributed by atoms with van der Waals surface area (Å²) in [6, 6.07) is 0. The second-order valence-electron chi connectivity index (χ2n) is 4.81. The van der Waals surface area contributed by atoms with E-state index in [1.54, 1.807) is 0 Å². The Bertz CT molecular complexity index is 642. The summed E-state index contributed by atoms with van der Waals surface area (Å²) < 4.78 is 12.4. The van der Waals surface area contributed by atoms with Gasteiger partial charge in [0.1, 0.15) is 6.61 Å². The van der Waals surface area contributed by atoms with Gasteiger partial charge in [0.2, 0.25) is 0 Å². The zero-order valence-corrected chi connectivity index (χ0v) is 13.2. The van der Waals surface area contributed by atoms with Gasteiger partial charge < -0.3 is 14.0 Å². The Morgan fingerprint density at radius 1 is 1.23 bits per heavy atom. The first-order chi connectivity index (χ1) is 10.5. The van der Waals surface area contributed by atoms with Crippen molar-refractivity contribution in [3.8, 4) is 0 Å². The SMILES string of the molecule is CCCCOCCOC(=O)/C=C/c1cn(C)c(=O)n(C)c1=O. The molecule has 7 heteroatoms. The molecule has 1 aromatic rings. The molecule has 0 fully saturated rings. The highest BCUT2D eigenvalue weighted by Crippen LogP contribution is 1.94. The van der Waals surface area contributed by atoms with Gasteiger partial charge in [-0.05, 0) is 12.5 Å². The van der Waals surface area contributed by atoms with Crippen LogP contribution in [0.4, 0.5) is 0 Å². The maximum Gasteiger partial charge on any atom is 0.330 e. The van der Waals surface area contributed by atoms with Crippen molar-refractivity contribution < 1.29 is 14.3 Å². The standard InChI is InChI=1S/C15H22N2O5/c1-4-5-8-21-9-10-22-13(18)7-6-12-11-16(2)15(20)17(3)14(12)19/h6-7,11H,4-5,8-10H2,1-3H3/b7-6+. The second-order valence-corrected chi connectivity index (χ2v) is 4.81. The van der Waals surface area contributed by atoms with Crippen LogP contribution < -0.4 is 11.2 Å². The van der Waals surface area contributed by atoms with E-state index in [1.165, 1.54) is 30.9 Å². The topological polar surface area (TPSA) is 79.5 Å². The monoisotopic (exact) mass is 310 g/mol. The summed E-state index contributed by atoms with van der Waals surface area (Å²) in [5.74, 6) is -0.560. The second kappa shape index (κ2) is 8.99. The number of nitrogens with zero attached hydrogens (tertiary/aromatic N) is 2. The minimum Gasteiger partial charge on any atom is -0.460 e. The number of carbonyl (C=O) groups is 1. The highest BCUT2D eigenvalue weighted by molar-refractivity contribution is 5.86. The van der Waals surface area contributed by atoms with Gasteiger partial charge in [0, 0.05) is 33.0 Å². The van der Waals surface area contributed by atoms with Gasteiger partial charge in [-0.15, -0.1) is 0 Å². The Hall–Kier alpha value is -2.15. The third-order valence-corrected chi connectivity index (χ3v) is 2.99. The van der Waals surface area contributed by atoms with Gasteiger partial charge in [0.15, 0.2) is 0 Å². The van der Waals surface area contributed by atoms with Crippen molar-refractivity contribution in [2.45, 2.75) is 19.8 Å². The molecule has 0 saturated carbocycles. The fourth-order valence-corrected chi connectivity index (χ4v) is 1.71. The van der Waals surface area contributed by atoms with E-state index in [9.17, 15) is 14.4 Å². The first-order valence-electron chi connectivity index (χ1n) is 7.16. The number of aryl methyl sites for hydroxylation is 1. The molecule has 0 aliphatic carbocycles. The molecule has 7 nitrogen and oxygen atoms in total. The summed E-state index contributed by atoms with van der Waals surface area (Å²) >= 11 is 0. The molecule has 1 rings (SSSR count). The van der Waals surface area contributed by atoms with Crippen LogP contribution in [0.2, 0.25) is 0 Å². The van der Waals surface area contributed by atoms with Crippen molar-refractivity contribution >= 4 is 12.0 Å². The molecule has 1 aromatic heterocycles. The van der Waals surface area contributed by atoms with Crippen LogP contribution in [0, 0.1) is 0 Å². The van der Waals surface area contributed by atoms with E-state index >= 15 is 0 Å². The average Bonchev–Trinajstić information content (AvgIpc) is 2.51. The number of carbonyl (C=O) groups excluding carboxylic acids is 1. The molecular weight excluding hydrogens is 288 g/mol. The molecule has 22 heavy (non-hydrogen) atoms. The van der Waals surface area contributed by atoms with Crippen LogP contribution in [-0.4, -0.2) is 34.9 Å². The number of hydrogen-bond donors (Lipinski definition) is 0. The number of aromatic nitrogens is 2. The number of unbranched alkanes of at least 4 members (excludes halogenated alkanes) is 1. The van der Waals surface area contributed by atoms with Gasteiger partial charge in [-0.3, -0.25) is 9.36 Å². The summed E-state index contributed by atoms with van der Waals surface area (Å²) in [4.78, 5) is 34.9. The Morgan fingerprint density at radius 2 is 1.95 bits per heavy atom. The largest absolute Gasteiger partial charge is 0.460 e. The smallest absolute Gasteiger partial charge is 0.330 e. The van der Waals surface area contributed by atoms with Crippen molar-refractivity contribution in [3.63, 3.8) is 0 Å². The molecule has 122 valence electrons. The molecule has 0 spiro atoms. The number of rotatable bonds is 8. The first kappa shape index (κ1) is 17.9. The van der Waals surface area contributed by atoms with Crippen LogP contribution in [0.3, 0.4) is 0 Å². The highest BCUT2D eigenvalue weighted by atomic mass is 16.6. The fraction of sp³-hybridized carbons (Fsp3) is 0.533. The third kappa shape index (κ3) is 5.33. The minimum absolute atomic E-state index is 0.165. The van der Waals surface area contributed by atoms with Crippen LogP contribution in [0.25, 0.3) is 6.08 Å². The van der Waals surface area contributed by atoms with Gasteiger partial charge in [-0.1, -0.05) is 13.3 Å².